The Morgan fingerprint density at radius 3 is 2.93 bits per heavy atom. The van der Waals surface area contributed by atoms with Gasteiger partial charge in [0.2, 0.25) is 5.82 Å². The van der Waals surface area contributed by atoms with Gasteiger partial charge in [0.1, 0.15) is 12.4 Å². The average molecular weight is 374 g/mol. The summed E-state index contributed by atoms with van der Waals surface area (Å²) in [6.07, 6.45) is 3.13. The molecular formula is C18H26N6O3. The van der Waals surface area contributed by atoms with E-state index in [-0.39, 0.29) is 11.9 Å². The second-order valence-electron chi connectivity index (χ2n) is 6.27. The Bertz CT molecular complexity index is 747. The number of nitrogens with zero attached hydrogens (tertiary/aromatic N) is 4. The Morgan fingerprint density at radius 2 is 2.26 bits per heavy atom. The number of H-pyrrole nitrogens is 1. The third-order valence-electron chi connectivity index (χ3n) is 4.40. The number of furan rings is 1. The summed E-state index contributed by atoms with van der Waals surface area (Å²) in [7, 11) is 0. The van der Waals surface area contributed by atoms with Crippen molar-refractivity contribution in [2.24, 2.45) is 10.9 Å². The molecule has 2 aromatic heterocycles. The molecule has 1 saturated heterocycles. The molecule has 1 aliphatic heterocycles. The first-order valence-electron chi connectivity index (χ1n) is 9.36. The van der Waals surface area contributed by atoms with E-state index in [1.54, 1.807) is 12.3 Å². The fraction of sp³-hybridized carbons (Fsp3) is 0.556. The van der Waals surface area contributed by atoms with E-state index in [2.05, 4.69) is 30.4 Å². The molecule has 0 radical (unpaired) electrons. The van der Waals surface area contributed by atoms with E-state index in [0.717, 1.165) is 38.4 Å². The average Bonchev–Trinajstić information content (AvgIpc) is 3.37. The number of likely N-dealkylation sites (tertiary alicyclic amines) is 1. The summed E-state index contributed by atoms with van der Waals surface area (Å²) in [6, 6.07) is 3.61. The van der Waals surface area contributed by atoms with Crippen LogP contribution in [0.2, 0.25) is 0 Å². The summed E-state index contributed by atoms with van der Waals surface area (Å²) < 4.78 is 10.4. The van der Waals surface area contributed by atoms with Gasteiger partial charge in [0.25, 0.3) is 0 Å². The second-order valence-corrected chi connectivity index (χ2v) is 6.27. The summed E-state index contributed by atoms with van der Waals surface area (Å²) in [6.45, 7) is 6.99. The Balaban J connectivity index is 1.59. The van der Waals surface area contributed by atoms with Crippen LogP contribution in [0.5, 0.6) is 0 Å². The highest BCUT2D eigenvalue weighted by Gasteiger charge is 2.27. The van der Waals surface area contributed by atoms with Crippen LogP contribution < -0.4 is 5.32 Å². The maximum Gasteiger partial charge on any atom is 0.309 e. The first-order chi connectivity index (χ1) is 13.2. The highest BCUT2D eigenvalue weighted by Crippen LogP contribution is 2.19. The summed E-state index contributed by atoms with van der Waals surface area (Å²) >= 11 is 0. The lowest BCUT2D eigenvalue weighted by atomic mass is 9.97. The zero-order valence-corrected chi connectivity index (χ0v) is 15.8. The van der Waals surface area contributed by atoms with E-state index in [9.17, 15) is 4.79 Å². The van der Waals surface area contributed by atoms with Crippen molar-refractivity contribution in [2.75, 3.05) is 26.2 Å². The van der Waals surface area contributed by atoms with Crippen molar-refractivity contribution in [3.8, 4) is 11.6 Å². The summed E-state index contributed by atoms with van der Waals surface area (Å²) in [5.74, 6) is 2.51. The van der Waals surface area contributed by atoms with E-state index >= 15 is 0 Å². The number of aliphatic imine (C=N–C) groups is 1. The highest BCUT2D eigenvalue weighted by molar-refractivity contribution is 5.80. The molecule has 0 atom stereocenters. The minimum absolute atomic E-state index is 0.0193. The van der Waals surface area contributed by atoms with Gasteiger partial charge in [0.15, 0.2) is 11.7 Å². The number of hydrogen-bond donors (Lipinski definition) is 2. The molecular weight excluding hydrogens is 348 g/mol. The highest BCUT2D eigenvalue weighted by atomic mass is 16.5. The number of ether oxygens (including phenoxy) is 1. The van der Waals surface area contributed by atoms with Gasteiger partial charge in [0.05, 0.1) is 18.8 Å². The van der Waals surface area contributed by atoms with Gasteiger partial charge < -0.3 is 19.4 Å². The van der Waals surface area contributed by atoms with Gasteiger partial charge in [-0.1, -0.05) is 0 Å². The third-order valence-corrected chi connectivity index (χ3v) is 4.40. The molecule has 3 rings (SSSR count). The maximum atomic E-state index is 11.9. The molecule has 27 heavy (non-hydrogen) atoms. The van der Waals surface area contributed by atoms with E-state index in [0.29, 0.717) is 30.6 Å². The van der Waals surface area contributed by atoms with E-state index < -0.39 is 0 Å². The molecule has 0 aliphatic carbocycles. The van der Waals surface area contributed by atoms with Crippen molar-refractivity contribution in [2.45, 2.75) is 33.2 Å². The van der Waals surface area contributed by atoms with Crippen LogP contribution in [0.3, 0.4) is 0 Å². The molecule has 3 heterocycles. The minimum Gasteiger partial charge on any atom is -0.466 e. The first kappa shape index (κ1) is 18.9. The van der Waals surface area contributed by atoms with Crippen molar-refractivity contribution in [1.82, 2.24) is 25.4 Å². The predicted molar refractivity (Wildman–Crippen MR) is 99.8 cm³/mol. The van der Waals surface area contributed by atoms with Crippen molar-refractivity contribution >= 4 is 11.9 Å². The number of guanidine groups is 1. The van der Waals surface area contributed by atoms with Crippen LogP contribution in [0.25, 0.3) is 11.6 Å². The monoisotopic (exact) mass is 374 g/mol. The minimum atomic E-state index is -0.0915. The number of carbonyl (C=O) groups is 1. The van der Waals surface area contributed by atoms with Gasteiger partial charge in [-0.25, -0.2) is 9.98 Å². The normalized spacial score (nSPS) is 15.8. The molecule has 9 nitrogen and oxygen atoms in total. The number of aromatic amines is 1. The van der Waals surface area contributed by atoms with Crippen LogP contribution in [-0.4, -0.2) is 58.3 Å². The lowest BCUT2D eigenvalue weighted by molar-refractivity contribution is -0.149. The molecule has 0 unspecified atom stereocenters. The lowest BCUT2D eigenvalue weighted by Gasteiger charge is -2.33. The second kappa shape index (κ2) is 9.20. The number of aromatic nitrogens is 3. The van der Waals surface area contributed by atoms with Gasteiger partial charge in [-0.3, -0.25) is 9.89 Å². The van der Waals surface area contributed by atoms with Crippen LogP contribution >= 0.6 is 0 Å². The zero-order chi connectivity index (χ0) is 19.1. The number of nitrogens with one attached hydrogen (secondary N) is 2. The van der Waals surface area contributed by atoms with Crippen molar-refractivity contribution in [1.29, 1.82) is 0 Å². The van der Waals surface area contributed by atoms with Crippen molar-refractivity contribution < 1.29 is 13.9 Å². The number of hydrogen-bond acceptors (Lipinski definition) is 6. The Hall–Kier alpha value is -2.84. The molecule has 0 aromatic carbocycles. The van der Waals surface area contributed by atoms with E-state index in [1.165, 1.54) is 0 Å². The SMILES string of the molecule is CCNC(=NCc1nc(-c2ccco2)n[nH]1)N1CCC(C(=O)OCC)CC1. The molecule has 0 saturated carbocycles. The van der Waals surface area contributed by atoms with Crippen LogP contribution in [0.4, 0.5) is 0 Å². The Kier molecular flexibility index (Phi) is 6.45. The number of piperidine rings is 1. The summed E-state index contributed by atoms with van der Waals surface area (Å²) in [4.78, 5) is 23.1. The molecule has 146 valence electrons. The van der Waals surface area contributed by atoms with Gasteiger partial charge in [-0.2, -0.15) is 0 Å². The smallest absolute Gasteiger partial charge is 0.309 e. The van der Waals surface area contributed by atoms with Crippen LogP contribution in [0.15, 0.2) is 27.8 Å². The summed E-state index contributed by atoms with van der Waals surface area (Å²) in [5.41, 5.74) is 0. The Labute approximate surface area is 158 Å². The summed E-state index contributed by atoms with van der Waals surface area (Å²) in [5, 5.41) is 10.4. The van der Waals surface area contributed by atoms with Crippen LogP contribution in [0.1, 0.15) is 32.5 Å². The number of esters is 1. The van der Waals surface area contributed by atoms with Crippen molar-refractivity contribution in [3.05, 3.63) is 24.2 Å². The fourth-order valence-electron chi connectivity index (χ4n) is 3.04. The maximum absolute atomic E-state index is 11.9. The molecule has 0 spiro atoms. The zero-order valence-electron chi connectivity index (χ0n) is 15.8. The molecule has 9 heteroatoms. The Morgan fingerprint density at radius 1 is 1.44 bits per heavy atom. The van der Waals surface area contributed by atoms with Crippen LogP contribution in [-0.2, 0) is 16.1 Å². The van der Waals surface area contributed by atoms with Gasteiger partial charge in [-0.05, 0) is 38.8 Å². The molecule has 2 aromatic rings. The quantitative estimate of drug-likeness (QED) is 0.451. The van der Waals surface area contributed by atoms with E-state index in [4.69, 9.17) is 9.15 Å². The largest absolute Gasteiger partial charge is 0.466 e. The molecule has 0 amide bonds. The van der Waals surface area contributed by atoms with E-state index in [1.807, 2.05) is 19.9 Å². The molecule has 1 fully saturated rings. The van der Waals surface area contributed by atoms with Gasteiger partial charge in [-0.15, -0.1) is 5.10 Å². The van der Waals surface area contributed by atoms with Crippen LogP contribution in [0, 0.1) is 5.92 Å². The standard InChI is InChI=1S/C18H26N6O3/c1-3-19-18(24-9-7-13(8-10-24)17(25)26-4-2)20-12-15-21-16(23-22-15)14-6-5-11-27-14/h5-6,11,13H,3-4,7-10,12H2,1-2H3,(H,19,20)(H,21,22,23). The van der Waals surface area contributed by atoms with Gasteiger partial charge in [0, 0.05) is 19.6 Å². The molecule has 1 aliphatic rings. The molecule has 0 bridgehead atoms. The van der Waals surface area contributed by atoms with Crippen molar-refractivity contribution in [3.63, 3.8) is 0 Å². The van der Waals surface area contributed by atoms with Gasteiger partial charge >= 0.3 is 5.97 Å². The molecule has 2 N–H and O–H groups in total. The predicted octanol–water partition coefficient (Wildman–Crippen LogP) is 1.81. The topological polar surface area (TPSA) is 109 Å². The first-order valence-corrected chi connectivity index (χ1v) is 9.36. The fourth-order valence-corrected chi connectivity index (χ4v) is 3.04. The number of carbonyl (C=O) groups excluding carboxylic acids is 1. The third kappa shape index (κ3) is 4.87. The number of rotatable bonds is 6. The lowest BCUT2D eigenvalue weighted by Crippen LogP contribution is -2.46.